The lowest BCUT2D eigenvalue weighted by atomic mass is 10.1. The van der Waals surface area contributed by atoms with Gasteiger partial charge in [-0.15, -0.1) is 0 Å². The minimum Gasteiger partial charge on any atom is -0.422 e. The second kappa shape index (κ2) is 7.23. The Hall–Kier alpha value is -3.41. The molecule has 0 aliphatic heterocycles. The molecule has 0 spiro atoms. The number of nitrogens with one attached hydrogen (secondary N) is 1. The quantitative estimate of drug-likeness (QED) is 0.734. The molecule has 2 aromatic carbocycles. The molecular weight excluding hydrogens is 332 g/mol. The smallest absolute Gasteiger partial charge is 0.349 e. The van der Waals surface area contributed by atoms with E-state index in [0.717, 1.165) is 5.56 Å². The van der Waals surface area contributed by atoms with Crippen molar-refractivity contribution in [2.24, 2.45) is 0 Å². The molecule has 132 valence electrons. The van der Waals surface area contributed by atoms with E-state index in [4.69, 9.17) is 4.42 Å². The number of hydrogen-bond acceptors (Lipinski definition) is 4. The van der Waals surface area contributed by atoms with E-state index in [1.807, 2.05) is 12.1 Å². The monoisotopic (exact) mass is 350 g/mol. The van der Waals surface area contributed by atoms with E-state index in [-0.39, 0.29) is 11.5 Å². The Labute approximate surface area is 150 Å². The number of rotatable bonds is 4. The van der Waals surface area contributed by atoms with Crippen molar-refractivity contribution in [1.29, 1.82) is 0 Å². The number of para-hydroxylation sites is 2. The Balaban J connectivity index is 1.90. The Morgan fingerprint density at radius 1 is 1.08 bits per heavy atom. The first kappa shape index (κ1) is 17.4. The standard InChI is InChI=1S/C20H18N2O4/c1-13(23)22(2)12-15-8-3-5-9-17(15)21-19(24)16-11-14-7-4-6-10-18(14)26-20(16)25/h3-11H,12H2,1-2H3,(H,21,24). The first-order valence-electron chi connectivity index (χ1n) is 8.09. The van der Waals surface area contributed by atoms with Gasteiger partial charge in [0, 0.05) is 31.6 Å². The average Bonchev–Trinajstić information content (AvgIpc) is 2.62. The van der Waals surface area contributed by atoms with Gasteiger partial charge >= 0.3 is 5.63 Å². The van der Waals surface area contributed by atoms with Crippen LogP contribution in [0.3, 0.4) is 0 Å². The van der Waals surface area contributed by atoms with E-state index >= 15 is 0 Å². The molecule has 1 heterocycles. The summed E-state index contributed by atoms with van der Waals surface area (Å²) in [6, 6.07) is 15.7. The summed E-state index contributed by atoms with van der Waals surface area (Å²) >= 11 is 0. The van der Waals surface area contributed by atoms with Crippen LogP contribution in [0.1, 0.15) is 22.8 Å². The third-order valence-corrected chi connectivity index (χ3v) is 4.10. The average molecular weight is 350 g/mol. The maximum Gasteiger partial charge on any atom is 0.349 e. The van der Waals surface area contributed by atoms with Crippen molar-refractivity contribution in [3.63, 3.8) is 0 Å². The lowest BCUT2D eigenvalue weighted by Gasteiger charge is -2.17. The molecule has 3 rings (SSSR count). The minimum atomic E-state index is -0.695. The number of anilines is 1. The van der Waals surface area contributed by atoms with Crippen LogP contribution >= 0.6 is 0 Å². The molecule has 0 saturated heterocycles. The van der Waals surface area contributed by atoms with Gasteiger partial charge in [-0.3, -0.25) is 9.59 Å². The fraction of sp³-hybridized carbons (Fsp3) is 0.150. The van der Waals surface area contributed by atoms with E-state index < -0.39 is 11.5 Å². The molecule has 3 aromatic rings. The summed E-state index contributed by atoms with van der Waals surface area (Å²) in [5.74, 6) is -0.635. The molecule has 6 nitrogen and oxygen atoms in total. The highest BCUT2D eigenvalue weighted by Gasteiger charge is 2.16. The van der Waals surface area contributed by atoms with Gasteiger partial charge in [0.1, 0.15) is 11.1 Å². The van der Waals surface area contributed by atoms with Crippen molar-refractivity contribution in [2.45, 2.75) is 13.5 Å². The van der Waals surface area contributed by atoms with Crippen LogP contribution in [0, 0.1) is 0 Å². The maximum absolute atomic E-state index is 12.6. The van der Waals surface area contributed by atoms with Crippen LogP contribution in [0.25, 0.3) is 11.0 Å². The molecular formula is C20H18N2O4. The Morgan fingerprint density at radius 3 is 2.54 bits per heavy atom. The fourth-order valence-electron chi connectivity index (χ4n) is 2.56. The molecule has 0 saturated carbocycles. The van der Waals surface area contributed by atoms with E-state index in [1.165, 1.54) is 17.9 Å². The number of fused-ring (bicyclic) bond motifs is 1. The van der Waals surface area contributed by atoms with Crippen molar-refractivity contribution in [3.05, 3.63) is 76.1 Å². The van der Waals surface area contributed by atoms with Crippen LogP contribution in [0.5, 0.6) is 0 Å². The lowest BCUT2D eigenvalue weighted by Crippen LogP contribution is -2.25. The minimum absolute atomic E-state index is 0.0709. The molecule has 0 aliphatic rings. The molecule has 0 atom stereocenters. The summed E-state index contributed by atoms with van der Waals surface area (Å²) in [6.45, 7) is 1.82. The van der Waals surface area contributed by atoms with Gasteiger partial charge in [0.25, 0.3) is 5.91 Å². The number of benzene rings is 2. The zero-order valence-corrected chi connectivity index (χ0v) is 14.5. The third-order valence-electron chi connectivity index (χ3n) is 4.10. The van der Waals surface area contributed by atoms with Gasteiger partial charge in [0.2, 0.25) is 5.91 Å². The Kier molecular flexibility index (Phi) is 4.84. The number of nitrogens with zero attached hydrogens (tertiary/aromatic N) is 1. The SMILES string of the molecule is CC(=O)N(C)Cc1ccccc1NC(=O)c1cc2ccccc2oc1=O. The van der Waals surface area contributed by atoms with Gasteiger partial charge < -0.3 is 14.6 Å². The van der Waals surface area contributed by atoms with Crippen LogP contribution < -0.4 is 10.9 Å². The van der Waals surface area contributed by atoms with Crippen LogP contribution in [0.15, 0.2) is 63.8 Å². The van der Waals surface area contributed by atoms with Crippen molar-refractivity contribution in [1.82, 2.24) is 4.90 Å². The van der Waals surface area contributed by atoms with Crippen LogP contribution in [0.2, 0.25) is 0 Å². The third kappa shape index (κ3) is 3.64. The van der Waals surface area contributed by atoms with Crippen LogP contribution in [-0.4, -0.2) is 23.8 Å². The summed E-state index contributed by atoms with van der Waals surface area (Å²) in [5, 5.41) is 3.41. The summed E-state index contributed by atoms with van der Waals surface area (Å²) in [4.78, 5) is 37.7. The van der Waals surface area contributed by atoms with Crippen molar-refractivity contribution >= 4 is 28.5 Å². The van der Waals surface area contributed by atoms with E-state index in [2.05, 4.69) is 5.32 Å². The Morgan fingerprint density at radius 2 is 1.77 bits per heavy atom. The van der Waals surface area contributed by atoms with Crippen molar-refractivity contribution < 1.29 is 14.0 Å². The van der Waals surface area contributed by atoms with Gasteiger partial charge in [0.05, 0.1) is 0 Å². The highest BCUT2D eigenvalue weighted by atomic mass is 16.4. The normalized spacial score (nSPS) is 10.5. The summed E-state index contributed by atoms with van der Waals surface area (Å²) in [6.07, 6.45) is 0. The van der Waals surface area contributed by atoms with Crippen molar-refractivity contribution in [2.75, 3.05) is 12.4 Å². The van der Waals surface area contributed by atoms with E-state index in [0.29, 0.717) is 23.2 Å². The first-order valence-corrected chi connectivity index (χ1v) is 8.09. The summed E-state index contributed by atoms with van der Waals surface area (Å²) in [5.41, 5.74) is 0.970. The van der Waals surface area contributed by atoms with E-state index in [9.17, 15) is 14.4 Å². The topological polar surface area (TPSA) is 79.6 Å². The molecule has 26 heavy (non-hydrogen) atoms. The number of hydrogen-bond donors (Lipinski definition) is 1. The molecule has 0 unspecified atom stereocenters. The van der Waals surface area contributed by atoms with Gasteiger partial charge in [-0.2, -0.15) is 0 Å². The highest BCUT2D eigenvalue weighted by molar-refractivity contribution is 6.05. The van der Waals surface area contributed by atoms with Crippen molar-refractivity contribution in [3.8, 4) is 0 Å². The summed E-state index contributed by atoms with van der Waals surface area (Å²) < 4.78 is 5.21. The van der Waals surface area contributed by atoms with Crippen LogP contribution in [-0.2, 0) is 11.3 Å². The second-order valence-corrected chi connectivity index (χ2v) is 5.97. The predicted octanol–water partition coefficient (Wildman–Crippen LogP) is 3.02. The molecule has 0 aliphatic carbocycles. The second-order valence-electron chi connectivity index (χ2n) is 5.97. The molecule has 0 bridgehead atoms. The molecule has 1 N–H and O–H groups in total. The zero-order valence-electron chi connectivity index (χ0n) is 14.5. The summed E-state index contributed by atoms with van der Waals surface area (Å²) in [7, 11) is 1.68. The predicted molar refractivity (Wildman–Crippen MR) is 99.0 cm³/mol. The van der Waals surface area contributed by atoms with Gasteiger partial charge in [0.15, 0.2) is 0 Å². The largest absolute Gasteiger partial charge is 0.422 e. The van der Waals surface area contributed by atoms with Gasteiger partial charge in [-0.05, 0) is 23.8 Å². The first-order chi connectivity index (χ1) is 12.5. The van der Waals surface area contributed by atoms with Gasteiger partial charge in [-0.1, -0.05) is 36.4 Å². The number of carbonyl (C=O) groups is 2. The van der Waals surface area contributed by atoms with Gasteiger partial charge in [-0.25, -0.2) is 4.79 Å². The molecule has 0 radical (unpaired) electrons. The number of carbonyl (C=O) groups excluding carboxylic acids is 2. The Bertz CT molecular complexity index is 1040. The highest BCUT2D eigenvalue weighted by Crippen LogP contribution is 2.19. The number of amides is 2. The lowest BCUT2D eigenvalue weighted by molar-refractivity contribution is -0.128. The zero-order chi connectivity index (χ0) is 18.7. The maximum atomic E-state index is 12.6. The molecule has 1 aromatic heterocycles. The van der Waals surface area contributed by atoms with E-state index in [1.54, 1.807) is 43.4 Å². The molecule has 2 amide bonds. The fourth-order valence-corrected chi connectivity index (χ4v) is 2.56. The molecule has 0 fully saturated rings. The molecule has 6 heteroatoms. The van der Waals surface area contributed by atoms with Crippen LogP contribution in [0.4, 0.5) is 5.69 Å².